The highest BCUT2D eigenvalue weighted by molar-refractivity contribution is 5.70. The maximum atomic E-state index is 12.9. The van der Waals surface area contributed by atoms with Crippen LogP contribution in [0.3, 0.4) is 0 Å². The number of unbranched alkanes of at least 4 members (excludes halogenated alkanes) is 36. The predicted molar refractivity (Wildman–Crippen MR) is 315 cm³/mol. The van der Waals surface area contributed by atoms with Crippen molar-refractivity contribution < 1.29 is 42.9 Å². The third-order valence-electron chi connectivity index (χ3n) is 14.0. The van der Waals surface area contributed by atoms with Crippen LogP contribution in [0, 0.1) is 0 Å². The van der Waals surface area contributed by atoms with E-state index in [1.807, 2.05) is 21.1 Å². The standard InChI is InChI=1S/C66H121NO8/c1-6-8-10-12-14-16-18-20-22-24-25-26-27-28-29-30-31-32-33-34-35-36-37-38-39-41-43-45-47-49-51-53-55-57-64(69)75-62(61-74-66(65(70)71)72-59-58-67(3,4)5)60-73-63(68)56-54-52-50-48-46-44-42-40-23-21-19-17-15-13-11-9-7-2/h18,20-21,23-25,27-28,62,66H,6-17,19,22,26,29-61H2,1-5H3/b20-18-,23-21-,25-24-,28-27-. The third kappa shape index (κ3) is 58.8. The van der Waals surface area contributed by atoms with Crippen molar-refractivity contribution in [3.63, 3.8) is 0 Å². The Morgan fingerprint density at radius 3 is 1.08 bits per heavy atom. The van der Waals surface area contributed by atoms with Gasteiger partial charge in [-0.2, -0.15) is 0 Å². The van der Waals surface area contributed by atoms with Gasteiger partial charge >= 0.3 is 11.9 Å². The van der Waals surface area contributed by atoms with Crippen molar-refractivity contribution in [1.29, 1.82) is 0 Å². The van der Waals surface area contributed by atoms with E-state index in [1.165, 1.54) is 212 Å². The summed E-state index contributed by atoms with van der Waals surface area (Å²) in [6, 6.07) is 0. The van der Waals surface area contributed by atoms with Crippen LogP contribution < -0.4 is 5.11 Å². The average molecular weight is 1060 g/mol. The monoisotopic (exact) mass is 1060 g/mol. The number of ether oxygens (including phenoxy) is 4. The molecule has 0 N–H and O–H groups in total. The van der Waals surface area contributed by atoms with Crippen LogP contribution in [0.25, 0.3) is 0 Å². The molecule has 0 amide bonds. The van der Waals surface area contributed by atoms with E-state index in [2.05, 4.69) is 62.5 Å². The molecule has 0 aromatic rings. The van der Waals surface area contributed by atoms with E-state index in [9.17, 15) is 19.5 Å². The van der Waals surface area contributed by atoms with Gasteiger partial charge in [-0.15, -0.1) is 0 Å². The topological polar surface area (TPSA) is 111 Å². The summed E-state index contributed by atoms with van der Waals surface area (Å²) in [7, 11) is 5.93. The van der Waals surface area contributed by atoms with Gasteiger partial charge in [0.15, 0.2) is 12.4 Å². The summed E-state index contributed by atoms with van der Waals surface area (Å²) < 4.78 is 22.7. The van der Waals surface area contributed by atoms with Crippen LogP contribution in [0.4, 0.5) is 0 Å². The fourth-order valence-electron chi connectivity index (χ4n) is 9.13. The number of likely N-dealkylation sites (N-methyl/N-ethyl adjacent to an activating group) is 1. The van der Waals surface area contributed by atoms with Gasteiger partial charge < -0.3 is 33.3 Å². The van der Waals surface area contributed by atoms with Crippen LogP contribution >= 0.6 is 0 Å². The van der Waals surface area contributed by atoms with Crippen molar-refractivity contribution in [1.82, 2.24) is 0 Å². The molecule has 9 nitrogen and oxygen atoms in total. The van der Waals surface area contributed by atoms with Crippen LogP contribution in [0.2, 0.25) is 0 Å². The highest BCUT2D eigenvalue weighted by Gasteiger charge is 2.22. The molecule has 0 saturated carbocycles. The molecule has 0 aliphatic rings. The maximum absolute atomic E-state index is 12.9. The number of carbonyl (C=O) groups excluding carboxylic acids is 3. The van der Waals surface area contributed by atoms with E-state index < -0.39 is 24.3 Å². The van der Waals surface area contributed by atoms with Crippen LogP contribution in [-0.2, 0) is 33.3 Å². The molecule has 0 aromatic carbocycles. The number of nitrogens with zero attached hydrogens (tertiary/aromatic N) is 1. The number of carbonyl (C=O) groups is 3. The average Bonchev–Trinajstić information content (AvgIpc) is 3.38. The van der Waals surface area contributed by atoms with Gasteiger partial charge in [0, 0.05) is 12.8 Å². The second-order valence-electron chi connectivity index (χ2n) is 22.7. The molecule has 2 atom stereocenters. The maximum Gasteiger partial charge on any atom is 0.306 e. The van der Waals surface area contributed by atoms with Gasteiger partial charge in [-0.1, -0.05) is 255 Å². The number of quaternary nitrogens is 1. The number of carboxylic acid groups (broad SMARTS) is 1. The van der Waals surface area contributed by atoms with E-state index in [-0.39, 0.29) is 38.6 Å². The fraction of sp³-hybridized carbons (Fsp3) is 0.833. The SMILES string of the molecule is CCCCCCC/C=C\C/C=C\C/C=C\CCCCCCCCCCCCCCCCCCCCC(=O)OC(COC(=O)CCCCCCCCC/C=C\CCCCCCCC)COC(OCC[N+](C)(C)C)C(=O)[O-]. The zero-order valence-electron chi connectivity index (χ0n) is 49.9. The van der Waals surface area contributed by atoms with Crippen molar-refractivity contribution in [2.75, 3.05) is 47.5 Å². The molecule has 0 bridgehead atoms. The summed E-state index contributed by atoms with van der Waals surface area (Å²) in [5.41, 5.74) is 0. The lowest BCUT2D eigenvalue weighted by Crippen LogP contribution is -2.44. The number of rotatable bonds is 59. The van der Waals surface area contributed by atoms with Crippen molar-refractivity contribution in [2.24, 2.45) is 0 Å². The lowest BCUT2D eigenvalue weighted by atomic mass is 10.0. The minimum absolute atomic E-state index is 0.148. The van der Waals surface area contributed by atoms with Crippen LogP contribution in [-0.4, -0.2) is 82.3 Å². The van der Waals surface area contributed by atoms with Gasteiger partial charge in [0.1, 0.15) is 13.2 Å². The molecular formula is C66H121NO8. The summed E-state index contributed by atoms with van der Waals surface area (Å²) in [5.74, 6) is -2.27. The quantitative estimate of drug-likeness (QED) is 0.0195. The fourth-order valence-corrected chi connectivity index (χ4v) is 9.13. The summed E-state index contributed by atoms with van der Waals surface area (Å²) in [4.78, 5) is 37.3. The molecule has 0 saturated heterocycles. The second-order valence-corrected chi connectivity index (χ2v) is 22.7. The predicted octanol–water partition coefficient (Wildman–Crippen LogP) is 17.7. The van der Waals surface area contributed by atoms with Crippen molar-refractivity contribution in [2.45, 2.75) is 309 Å². The second kappa shape index (κ2) is 57.4. The minimum atomic E-state index is -1.62. The Labute approximate surface area is 463 Å². The van der Waals surface area contributed by atoms with Crippen molar-refractivity contribution in [3.05, 3.63) is 48.6 Å². The molecular weight excluding hydrogens is 935 g/mol. The molecule has 75 heavy (non-hydrogen) atoms. The van der Waals surface area contributed by atoms with Crippen LogP contribution in [0.15, 0.2) is 48.6 Å². The molecule has 0 aliphatic heterocycles. The molecule has 0 spiro atoms. The Balaban J connectivity index is 4.09. The normalized spacial score (nSPS) is 13.0. The van der Waals surface area contributed by atoms with E-state index in [0.717, 1.165) is 51.4 Å². The Morgan fingerprint density at radius 2 is 0.720 bits per heavy atom. The summed E-state index contributed by atoms with van der Waals surface area (Å²) in [6.07, 6.45) is 68.9. The lowest BCUT2D eigenvalue weighted by molar-refractivity contribution is -0.870. The van der Waals surface area contributed by atoms with Gasteiger partial charge in [-0.25, -0.2) is 0 Å². The smallest absolute Gasteiger partial charge is 0.306 e. The lowest BCUT2D eigenvalue weighted by Gasteiger charge is -2.26. The Hall–Kier alpha value is -2.75. The molecule has 2 unspecified atom stereocenters. The summed E-state index contributed by atoms with van der Waals surface area (Å²) >= 11 is 0. The van der Waals surface area contributed by atoms with Crippen molar-refractivity contribution >= 4 is 17.9 Å². The van der Waals surface area contributed by atoms with Gasteiger partial charge in [-0.05, 0) is 77.0 Å². The first-order valence-electron chi connectivity index (χ1n) is 31.8. The summed E-state index contributed by atoms with van der Waals surface area (Å²) in [5, 5.41) is 11.8. The molecule has 0 aromatic heterocycles. The minimum Gasteiger partial charge on any atom is -0.545 e. The van der Waals surface area contributed by atoms with Gasteiger partial charge in [0.05, 0.1) is 40.3 Å². The van der Waals surface area contributed by atoms with Gasteiger partial charge in [0.2, 0.25) is 0 Å². The van der Waals surface area contributed by atoms with Crippen molar-refractivity contribution in [3.8, 4) is 0 Å². The Kier molecular flexibility index (Phi) is 55.3. The zero-order valence-corrected chi connectivity index (χ0v) is 49.9. The molecule has 438 valence electrons. The highest BCUT2D eigenvalue weighted by Crippen LogP contribution is 2.17. The molecule has 0 radical (unpaired) electrons. The molecule has 0 fully saturated rings. The number of aliphatic carboxylic acids is 1. The van der Waals surface area contributed by atoms with E-state index in [1.54, 1.807) is 0 Å². The van der Waals surface area contributed by atoms with Crippen LogP contribution in [0.1, 0.15) is 296 Å². The number of hydrogen-bond acceptors (Lipinski definition) is 8. The number of esters is 2. The Bertz CT molecular complexity index is 1370. The highest BCUT2D eigenvalue weighted by atomic mass is 16.7. The van der Waals surface area contributed by atoms with E-state index in [0.29, 0.717) is 17.4 Å². The first-order chi connectivity index (χ1) is 36.6. The van der Waals surface area contributed by atoms with Gasteiger partial charge in [0.25, 0.3) is 0 Å². The first kappa shape index (κ1) is 72.2. The molecule has 9 heteroatoms. The number of hydrogen-bond donors (Lipinski definition) is 0. The molecule has 0 rings (SSSR count). The van der Waals surface area contributed by atoms with Gasteiger partial charge in [-0.3, -0.25) is 9.59 Å². The number of allylic oxidation sites excluding steroid dienone is 8. The Morgan fingerprint density at radius 1 is 0.400 bits per heavy atom. The molecule has 0 heterocycles. The molecule has 0 aliphatic carbocycles. The zero-order chi connectivity index (χ0) is 54.8. The first-order valence-corrected chi connectivity index (χ1v) is 31.8. The largest absolute Gasteiger partial charge is 0.545 e. The van der Waals surface area contributed by atoms with E-state index in [4.69, 9.17) is 18.9 Å². The third-order valence-corrected chi connectivity index (χ3v) is 14.0. The van der Waals surface area contributed by atoms with E-state index >= 15 is 0 Å². The number of carboxylic acids is 1. The summed E-state index contributed by atoms with van der Waals surface area (Å²) in [6.45, 7) is 4.76. The van der Waals surface area contributed by atoms with Crippen LogP contribution in [0.5, 0.6) is 0 Å².